The first-order chi connectivity index (χ1) is 8.13. The summed E-state index contributed by atoms with van der Waals surface area (Å²) in [4.78, 5) is 24.2. The van der Waals surface area contributed by atoms with Gasteiger partial charge in [-0.15, -0.1) is 11.6 Å². The third-order valence-corrected chi connectivity index (χ3v) is 2.99. The Labute approximate surface area is 103 Å². The van der Waals surface area contributed by atoms with E-state index in [1.807, 2.05) is 0 Å². The van der Waals surface area contributed by atoms with Crippen LogP contribution in [0.5, 0.6) is 0 Å². The molecule has 2 N–H and O–H groups in total. The summed E-state index contributed by atoms with van der Waals surface area (Å²) in [5, 5.41) is 15.4. The molecule has 0 unspecified atom stereocenters. The van der Waals surface area contributed by atoms with Gasteiger partial charge in [0.25, 0.3) is 0 Å². The molecule has 1 aromatic rings. The number of aromatic nitrogens is 2. The Hall–Kier alpha value is -1.56. The first kappa shape index (κ1) is 11.9. The van der Waals surface area contributed by atoms with E-state index in [0.717, 1.165) is 5.69 Å². The lowest BCUT2D eigenvalue weighted by molar-refractivity contribution is -0.131. The molecule has 0 fully saturated rings. The number of carboxylic acids is 1. The zero-order valence-electron chi connectivity index (χ0n) is 9.07. The number of carbonyl (C=O) groups is 2. The van der Waals surface area contributed by atoms with Crippen LogP contribution in [-0.4, -0.2) is 44.5 Å². The molecule has 6 nitrogen and oxygen atoms in total. The van der Waals surface area contributed by atoms with Crippen molar-refractivity contribution >= 4 is 23.5 Å². The summed E-state index contributed by atoms with van der Waals surface area (Å²) in [6.07, 6.45) is 0.876. The van der Waals surface area contributed by atoms with E-state index in [1.165, 1.54) is 0 Å². The quantitative estimate of drug-likeness (QED) is 0.778. The largest absolute Gasteiger partial charge is 0.476 e. The summed E-state index contributed by atoms with van der Waals surface area (Å²) < 4.78 is 0. The number of nitrogens with one attached hydrogen (secondary N) is 1. The number of amides is 1. The van der Waals surface area contributed by atoms with Crippen molar-refractivity contribution in [2.24, 2.45) is 0 Å². The zero-order chi connectivity index (χ0) is 12.4. The second kappa shape index (κ2) is 4.75. The highest BCUT2D eigenvalue weighted by atomic mass is 35.5. The standard InChI is InChI=1S/C10H12ClN3O3/c11-3-1-8(15)14-4-2-7-6(5-14)9(10(16)17)13-12-7/h1-5H2,(H,12,13)(H,16,17). The fraction of sp³-hybridized carbons (Fsp3) is 0.500. The summed E-state index contributed by atoms with van der Waals surface area (Å²) in [6, 6.07) is 0. The Balaban J connectivity index is 2.19. The van der Waals surface area contributed by atoms with Crippen molar-refractivity contribution in [2.45, 2.75) is 19.4 Å². The topological polar surface area (TPSA) is 86.3 Å². The molecule has 0 spiro atoms. The third kappa shape index (κ3) is 2.26. The van der Waals surface area contributed by atoms with Gasteiger partial charge in [-0.2, -0.15) is 5.10 Å². The van der Waals surface area contributed by atoms with Crippen molar-refractivity contribution in [2.75, 3.05) is 12.4 Å². The zero-order valence-corrected chi connectivity index (χ0v) is 9.83. The average molecular weight is 258 g/mol. The van der Waals surface area contributed by atoms with E-state index in [9.17, 15) is 9.59 Å². The van der Waals surface area contributed by atoms with Crippen LogP contribution >= 0.6 is 11.6 Å². The predicted octanol–water partition coefficient (Wildman–Crippen LogP) is 0.621. The van der Waals surface area contributed by atoms with Crippen LogP contribution in [0, 0.1) is 0 Å². The molecule has 2 rings (SSSR count). The van der Waals surface area contributed by atoms with E-state index in [2.05, 4.69) is 10.2 Å². The molecule has 1 aliphatic rings. The number of halogens is 1. The van der Waals surface area contributed by atoms with E-state index in [4.69, 9.17) is 16.7 Å². The summed E-state index contributed by atoms with van der Waals surface area (Å²) in [7, 11) is 0. The third-order valence-electron chi connectivity index (χ3n) is 2.80. The molecule has 7 heteroatoms. The lowest BCUT2D eigenvalue weighted by Gasteiger charge is -2.26. The minimum atomic E-state index is -1.07. The van der Waals surface area contributed by atoms with Crippen LogP contribution in [0.15, 0.2) is 0 Å². The molecule has 17 heavy (non-hydrogen) atoms. The highest BCUT2D eigenvalue weighted by molar-refractivity contribution is 6.18. The van der Waals surface area contributed by atoms with Crippen molar-refractivity contribution in [1.29, 1.82) is 0 Å². The minimum Gasteiger partial charge on any atom is -0.476 e. The Morgan fingerprint density at radius 3 is 2.94 bits per heavy atom. The molecule has 0 atom stereocenters. The van der Waals surface area contributed by atoms with Crippen LogP contribution in [0.1, 0.15) is 28.2 Å². The number of H-pyrrole nitrogens is 1. The number of carboxylic acid groups (broad SMARTS) is 1. The Morgan fingerprint density at radius 1 is 1.53 bits per heavy atom. The molecule has 1 aromatic heterocycles. The maximum atomic E-state index is 11.7. The molecule has 1 amide bonds. The summed E-state index contributed by atoms with van der Waals surface area (Å²) in [5.41, 5.74) is 1.41. The molecular weight excluding hydrogens is 246 g/mol. The van der Waals surface area contributed by atoms with Crippen LogP contribution in [0.3, 0.4) is 0 Å². The Kier molecular flexibility index (Phi) is 3.33. The molecule has 0 bridgehead atoms. The fourth-order valence-electron chi connectivity index (χ4n) is 1.92. The van der Waals surface area contributed by atoms with Gasteiger partial charge in [0.15, 0.2) is 5.69 Å². The van der Waals surface area contributed by atoms with E-state index in [1.54, 1.807) is 4.90 Å². The summed E-state index contributed by atoms with van der Waals surface area (Å²) in [6.45, 7) is 0.868. The van der Waals surface area contributed by atoms with Gasteiger partial charge in [-0.05, 0) is 0 Å². The van der Waals surface area contributed by atoms with Crippen molar-refractivity contribution in [3.8, 4) is 0 Å². The van der Waals surface area contributed by atoms with Gasteiger partial charge in [-0.25, -0.2) is 4.79 Å². The van der Waals surface area contributed by atoms with Crippen LogP contribution in [0.4, 0.5) is 0 Å². The first-order valence-corrected chi connectivity index (χ1v) is 5.80. The fourth-order valence-corrected chi connectivity index (χ4v) is 2.09. The number of hydrogen-bond acceptors (Lipinski definition) is 3. The van der Waals surface area contributed by atoms with Gasteiger partial charge >= 0.3 is 5.97 Å². The van der Waals surface area contributed by atoms with Gasteiger partial charge in [0.1, 0.15) is 0 Å². The molecular formula is C10H12ClN3O3. The van der Waals surface area contributed by atoms with E-state index >= 15 is 0 Å². The monoisotopic (exact) mass is 257 g/mol. The maximum Gasteiger partial charge on any atom is 0.356 e. The molecule has 2 heterocycles. The van der Waals surface area contributed by atoms with Crippen molar-refractivity contribution in [3.63, 3.8) is 0 Å². The van der Waals surface area contributed by atoms with E-state index in [-0.39, 0.29) is 23.9 Å². The van der Waals surface area contributed by atoms with Crippen molar-refractivity contribution in [3.05, 3.63) is 17.0 Å². The van der Waals surface area contributed by atoms with Gasteiger partial charge in [-0.1, -0.05) is 0 Å². The summed E-state index contributed by atoms with van der Waals surface area (Å²) >= 11 is 5.52. The van der Waals surface area contributed by atoms with Gasteiger partial charge in [0.05, 0.1) is 0 Å². The van der Waals surface area contributed by atoms with Crippen LogP contribution in [-0.2, 0) is 17.8 Å². The number of fused-ring (bicyclic) bond motifs is 1. The smallest absolute Gasteiger partial charge is 0.356 e. The highest BCUT2D eigenvalue weighted by Crippen LogP contribution is 2.20. The van der Waals surface area contributed by atoms with Crippen molar-refractivity contribution < 1.29 is 14.7 Å². The maximum absolute atomic E-state index is 11.7. The SMILES string of the molecule is O=C(O)c1n[nH]c2c1CN(C(=O)CCCl)CC2. The molecule has 0 saturated carbocycles. The lowest BCUT2D eigenvalue weighted by Crippen LogP contribution is -2.36. The van der Waals surface area contributed by atoms with Crippen molar-refractivity contribution in [1.82, 2.24) is 15.1 Å². The van der Waals surface area contributed by atoms with Crippen LogP contribution < -0.4 is 0 Å². The first-order valence-electron chi connectivity index (χ1n) is 5.26. The Bertz CT molecular complexity index is 458. The van der Waals surface area contributed by atoms with E-state index in [0.29, 0.717) is 25.1 Å². The predicted molar refractivity (Wildman–Crippen MR) is 60.0 cm³/mol. The second-order valence-corrected chi connectivity index (χ2v) is 4.22. The van der Waals surface area contributed by atoms with Gasteiger partial charge in [0, 0.05) is 43.1 Å². The van der Waals surface area contributed by atoms with Gasteiger partial charge < -0.3 is 10.0 Å². The van der Waals surface area contributed by atoms with Gasteiger partial charge in [0.2, 0.25) is 5.91 Å². The molecule has 0 saturated heterocycles. The number of nitrogens with zero attached hydrogens (tertiary/aromatic N) is 2. The normalized spacial score (nSPS) is 14.5. The highest BCUT2D eigenvalue weighted by Gasteiger charge is 2.27. The van der Waals surface area contributed by atoms with E-state index < -0.39 is 5.97 Å². The van der Waals surface area contributed by atoms with Gasteiger partial charge in [-0.3, -0.25) is 9.89 Å². The van der Waals surface area contributed by atoms with Crippen LogP contribution in [0.25, 0.3) is 0 Å². The average Bonchev–Trinajstić information content (AvgIpc) is 2.71. The molecule has 92 valence electrons. The second-order valence-electron chi connectivity index (χ2n) is 3.84. The number of rotatable bonds is 3. The number of hydrogen-bond donors (Lipinski definition) is 2. The lowest BCUT2D eigenvalue weighted by atomic mass is 10.1. The molecule has 0 radical (unpaired) electrons. The number of aromatic carboxylic acids is 1. The minimum absolute atomic E-state index is 0.00312. The molecule has 0 aliphatic carbocycles. The molecule has 0 aromatic carbocycles. The number of alkyl halides is 1. The Morgan fingerprint density at radius 2 is 2.29 bits per heavy atom. The number of carbonyl (C=O) groups excluding carboxylic acids is 1. The van der Waals surface area contributed by atoms with Crippen LogP contribution in [0.2, 0.25) is 0 Å². The molecule has 1 aliphatic heterocycles. The number of aromatic amines is 1. The summed E-state index contributed by atoms with van der Waals surface area (Å²) in [5.74, 6) is -0.850.